The summed E-state index contributed by atoms with van der Waals surface area (Å²) in [5, 5.41) is 5.36. The standard InChI is InChI=1S/C11H19N3O2S2/c1-14(6-11-7-17-9-13-11)4-3-12-10-2-5-18(15,16)8-10/h7,9-10,12H,2-6,8H2,1H3. The monoisotopic (exact) mass is 289 g/mol. The molecule has 7 heteroatoms. The van der Waals surface area contributed by atoms with Gasteiger partial charge >= 0.3 is 0 Å². The number of hydrogen-bond acceptors (Lipinski definition) is 6. The quantitative estimate of drug-likeness (QED) is 0.819. The number of aromatic nitrogens is 1. The van der Waals surface area contributed by atoms with Gasteiger partial charge in [0.25, 0.3) is 0 Å². The van der Waals surface area contributed by atoms with Gasteiger partial charge in [0.15, 0.2) is 9.84 Å². The lowest BCUT2D eigenvalue weighted by molar-refractivity contribution is 0.316. The summed E-state index contributed by atoms with van der Waals surface area (Å²) in [6, 6.07) is 0.141. The minimum atomic E-state index is -2.77. The van der Waals surface area contributed by atoms with E-state index in [1.54, 1.807) is 11.3 Å². The summed E-state index contributed by atoms with van der Waals surface area (Å²) in [6.07, 6.45) is 0.748. The molecule has 0 bridgehead atoms. The van der Waals surface area contributed by atoms with E-state index >= 15 is 0 Å². The average Bonchev–Trinajstić information content (AvgIpc) is 2.88. The normalized spacial score (nSPS) is 22.7. The molecule has 0 spiro atoms. The number of nitrogens with one attached hydrogen (secondary N) is 1. The van der Waals surface area contributed by atoms with Crippen molar-refractivity contribution in [3.63, 3.8) is 0 Å². The SMILES string of the molecule is CN(CCNC1CCS(=O)(=O)C1)Cc1cscn1. The lowest BCUT2D eigenvalue weighted by Gasteiger charge is -2.17. The van der Waals surface area contributed by atoms with Crippen molar-refractivity contribution < 1.29 is 8.42 Å². The fourth-order valence-corrected chi connectivity index (χ4v) is 4.34. The molecule has 1 aliphatic rings. The van der Waals surface area contributed by atoms with Gasteiger partial charge in [-0.05, 0) is 13.5 Å². The number of likely N-dealkylation sites (N-methyl/N-ethyl adjacent to an activating group) is 1. The van der Waals surface area contributed by atoms with Crippen LogP contribution in [0, 0.1) is 0 Å². The summed E-state index contributed by atoms with van der Waals surface area (Å²) in [4.78, 5) is 6.42. The highest BCUT2D eigenvalue weighted by atomic mass is 32.2. The number of hydrogen-bond donors (Lipinski definition) is 1. The summed E-state index contributed by atoms with van der Waals surface area (Å²) < 4.78 is 22.6. The minimum absolute atomic E-state index is 0.141. The van der Waals surface area contributed by atoms with Crippen LogP contribution in [0.5, 0.6) is 0 Å². The van der Waals surface area contributed by atoms with E-state index in [9.17, 15) is 8.42 Å². The predicted molar refractivity (Wildman–Crippen MR) is 73.5 cm³/mol. The molecule has 0 aliphatic carbocycles. The van der Waals surface area contributed by atoms with E-state index < -0.39 is 9.84 Å². The van der Waals surface area contributed by atoms with E-state index in [0.717, 1.165) is 31.7 Å². The Kier molecular flexibility index (Phi) is 4.71. The van der Waals surface area contributed by atoms with E-state index in [0.29, 0.717) is 11.5 Å². The largest absolute Gasteiger partial charge is 0.312 e. The molecule has 1 N–H and O–H groups in total. The van der Waals surface area contributed by atoms with Crippen molar-refractivity contribution in [3.05, 3.63) is 16.6 Å². The van der Waals surface area contributed by atoms with E-state index in [-0.39, 0.29) is 6.04 Å². The van der Waals surface area contributed by atoms with Gasteiger partial charge in [0.2, 0.25) is 0 Å². The molecule has 2 heterocycles. The molecule has 1 unspecified atom stereocenters. The first-order valence-corrected chi connectivity index (χ1v) is 8.81. The first-order chi connectivity index (χ1) is 8.55. The molecule has 0 saturated carbocycles. The maximum atomic E-state index is 11.3. The van der Waals surface area contributed by atoms with Crippen LogP contribution in [-0.2, 0) is 16.4 Å². The van der Waals surface area contributed by atoms with Gasteiger partial charge in [0.1, 0.15) is 0 Å². The van der Waals surface area contributed by atoms with Crippen LogP contribution in [0.4, 0.5) is 0 Å². The third-order valence-corrected chi connectivity index (χ3v) is 5.48. The molecule has 2 rings (SSSR count). The highest BCUT2D eigenvalue weighted by Gasteiger charge is 2.27. The molecular formula is C11H19N3O2S2. The second-order valence-corrected chi connectivity index (χ2v) is 7.72. The summed E-state index contributed by atoms with van der Waals surface area (Å²) >= 11 is 1.61. The van der Waals surface area contributed by atoms with Gasteiger partial charge in [-0.1, -0.05) is 0 Å². The summed E-state index contributed by atoms with van der Waals surface area (Å²) in [7, 11) is -0.724. The first-order valence-electron chi connectivity index (χ1n) is 6.04. The average molecular weight is 289 g/mol. The third-order valence-electron chi connectivity index (χ3n) is 3.07. The molecule has 1 aromatic heterocycles. The number of nitrogens with zero attached hydrogens (tertiary/aromatic N) is 2. The Balaban J connectivity index is 1.63. The van der Waals surface area contributed by atoms with Gasteiger partial charge < -0.3 is 5.32 Å². The molecule has 102 valence electrons. The minimum Gasteiger partial charge on any atom is -0.312 e. The second kappa shape index (κ2) is 6.10. The number of thiazole rings is 1. The zero-order valence-corrected chi connectivity index (χ0v) is 12.1. The van der Waals surface area contributed by atoms with Gasteiger partial charge in [-0.2, -0.15) is 0 Å². The molecule has 1 fully saturated rings. The second-order valence-electron chi connectivity index (χ2n) is 4.77. The van der Waals surface area contributed by atoms with Crippen LogP contribution in [0.3, 0.4) is 0 Å². The Morgan fingerprint density at radius 1 is 1.61 bits per heavy atom. The Hall–Kier alpha value is -0.500. The fraction of sp³-hybridized carbons (Fsp3) is 0.727. The van der Waals surface area contributed by atoms with E-state index in [1.165, 1.54) is 0 Å². The molecule has 0 radical (unpaired) electrons. The van der Waals surface area contributed by atoms with E-state index in [1.807, 2.05) is 17.9 Å². The smallest absolute Gasteiger partial charge is 0.151 e. The Bertz CT molecular complexity index is 459. The molecule has 1 aliphatic heterocycles. The summed E-state index contributed by atoms with van der Waals surface area (Å²) in [5.41, 5.74) is 2.93. The van der Waals surface area contributed by atoms with Crippen molar-refractivity contribution in [1.82, 2.24) is 15.2 Å². The zero-order chi connectivity index (χ0) is 13.0. The van der Waals surface area contributed by atoms with E-state index in [4.69, 9.17) is 0 Å². The van der Waals surface area contributed by atoms with E-state index in [2.05, 4.69) is 15.2 Å². The van der Waals surface area contributed by atoms with Crippen LogP contribution in [0.1, 0.15) is 12.1 Å². The van der Waals surface area contributed by atoms with Crippen molar-refractivity contribution in [3.8, 4) is 0 Å². The van der Waals surface area contributed by atoms with Gasteiger partial charge in [0.05, 0.1) is 22.7 Å². The Morgan fingerprint density at radius 3 is 3.06 bits per heavy atom. The number of sulfone groups is 1. The lowest BCUT2D eigenvalue weighted by atomic mass is 10.2. The van der Waals surface area contributed by atoms with Crippen LogP contribution in [0.2, 0.25) is 0 Å². The van der Waals surface area contributed by atoms with Gasteiger partial charge in [0, 0.05) is 31.1 Å². The molecular weight excluding hydrogens is 270 g/mol. The molecule has 1 atom stereocenters. The van der Waals surface area contributed by atoms with Crippen molar-refractivity contribution in [2.75, 3.05) is 31.6 Å². The first kappa shape index (κ1) is 13.9. The van der Waals surface area contributed by atoms with Gasteiger partial charge in [-0.25, -0.2) is 13.4 Å². The number of rotatable bonds is 6. The molecule has 0 amide bonds. The van der Waals surface area contributed by atoms with Crippen molar-refractivity contribution in [2.45, 2.75) is 19.0 Å². The molecule has 18 heavy (non-hydrogen) atoms. The maximum Gasteiger partial charge on any atom is 0.151 e. The van der Waals surface area contributed by atoms with Gasteiger partial charge in [-0.15, -0.1) is 11.3 Å². The van der Waals surface area contributed by atoms with Crippen LogP contribution >= 0.6 is 11.3 Å². The third kappa shape index (κ3) is 4.31. The highest BCUT2D eigenvalue weighted by Crippen LogP contribution is 2.10. The summed E-state index contributed by atoms with van der Waals surface area (Å²) in [6.45, 7) is 2.56. The van der Waals surface area contributed by atoms with Gasteiger partial charge in [-0.3, -0.25) is 4.90 Å². The summed E-state index contributed by atoms with van der Waals surface area (Å²) in [5.74, 6) is 0.627. The van der Waals surface area contributed by atoms with Crippen molar-refractivity contribution in [1.29, 1.82) is 0 Å². The Labute approximate surface area is 112 Å². The van der Waals surface area contributed by atoms with Crippen LogP contribution in [-0.4, -0.2) is 56.0 Å². The lowest BCUT2D eigenvalue weighted by Crippen LogP contribution is -2.36. The zero-order valence-electron chi connectivity index (χ0n) is 10.5. The van der Waals surface area contributed by atoms with Crippen molar-refractivity contribution >= 4 is 21.2 Å². The fourth-order valence-electron chi connectivity index (χ4n) is 2.09. The molecule has 1 saturated heterocycles. The Morgan fingerprint density at radius 2 is 2.44 bits per heavy atom. The van der Waals surface area contributed by atoms with Crippen molar-refractivity contribution in [2.24, 2.45) is 0 Å². The maximum absolute atomic E-state index is 11.3. The van der Waals surface area contributed by atoms with Crippen LogP contribution < -0.4 is 5.32 Å². The van der Waals surface area contributed by atoms with Crippen LogP contribution in [0.25, 0.3) is 0 Å². The topological polar surface area (TPSA) is 62.3 Å². The predicted octanol–water partition coefficient (Wildman–Crippen LogP) is 0.352. The molecule has 5 nitrogen and oxygen atoms in total. The molecule has 1 aromatic rings. The molecule has 0 aromatic carbocycles. The van der Waals surface area contributed by atoms with Crippen LogP contribution in [0.15, 0.2) is 10.9 Å². The highest BCUT2D eigenvalue weighted by molar-refractivity contribution is 7.91.